The Morgan fingerprint density at radius 2 is 1.70 bits per heavy atom. The van der Waals surface area contributed by atoms with Crippen LogP contribution in [0.25, 0.3) is 11.1 Å². The fourth-order valence-corrected chi connectivity index (χ4v) is 2.37. The summed E-state index contributed by atoms with van der Waals surface area (Å²) in [4.78, 5) is 24.6. The van der Waals surface area contributed by atoms with Gasteiger partial charge < -0.3 is 9.84 Å². The number of methoxy groups -OCH3 is 1. The Morgan fingerprint density at radius 3 is 2.35 bits per heavy atom. The van der Waals surface area contributed by atoms with Crippen molar-refractivity contribution in [2.24, 2.45) is 0 Å². The van der Waals surface area contributed by atoms with Crippen LogP contribution in [-0.4, -0.2) is 16.9 Å². The summed E-state index contributed by atoms with van der Waals surface area (Å²) in [7, 11) is 1.58. The van der Waals surface area contributed by atoms with Gasteiger partial charge in [0.1, 0.15) is 5.75 Å². The fraction of sp³-hybridized carbons (Fsp3) is 0.111. The van der Waals surface area contributed by atoms with E-state index in [9.17, 15) is 9.59 Å². The van der Waals surface area contributed by atoms with E-state index in [1.807, 2.05) is 30.3 Å². The quantitative estimate of drug-likeness (QED) is 0.752. The average molecular weight is 308 g/mol. The van der Waals surface area contributed by atoms with E-state index in [1.165, 1.54) is 4.68 Å². The Hall–Kier alpha value is -3.08. The highest BCUT2D eigenvalue weighted by Crippen LogP contribution is 2.18. The molecule has 3 rings (SSSR count). The van der Waals surface area contributed by atoms with E-state index < -0.39 is 11.0 Å². The highest BCUT2D eigenvalue weighted by atomic mass is 16.5. The number of ether oxygens (including phenoxy) is 1. The molecule has 0 amide bonds. The number of nitrogens with zero attached hydrogens (tertiary/aromatic N) is 1. The van der Waals surface area contributed by atoms with Crippen molar-refractivity contribution >= 4 is 0 Å². The molecule has 1 N–H and O–H groups in total. The van der Waals surface area contributed by atoms with Gasteiger partial charge in [-0.2, -0.15) is 0 Å². The summed E-state index contributed by atoms with van der Waals surface area (Å²) in [5, 5.41) is 2.89. The first kappa shape index (κ1) is 14.8. The van der Waals surface area contributed by atoms with Gasteiger partial charge in [-0.15, -0.1) is 0 Å². The van der Waals surface area contributed by atoms with Crippen LogP contribution in [0.4, 0.5) is 0 Å². The van der Waals surface area contributed by atoms with Crippen molar-refractivity contribution in [1.82, 2.24) is 9.78 Å². The second kappa shape index (κ2) is 6.36. The molecule has 0 aliphatic heterocycles. The SMILES string of the molecule is COc1ccc(-c2c[nH]n(Cc3ccccc3)c(=O)c2=O)cc1. The normalized spacial score (nSPS) is 10.5. The molecule has 0 aliphatic carbocycles. The third-order valence-corrected chi connectivity index (χ3v) is 3.63. The minimum Gasteiger partial charge on any atom is -0.497 e. The first-order chi connectivity index (χ1) is 11.2. The third-order valence-electron chi connectivity index (χ3n) is 3.63. The van der Waals surface area contributed by atoms with Crippen LogP contribution < -0.4 is 15.7 Å². The number of hydrogen-bond donors (Lipinski definition) is 1. The van der Waals surface area contributed by atoms with Gasteiger partial charge in [-0.05, 0) is 23.3 Å². The second-order valence-electron chi connectivity index (χ2n) is 5.12. The minimum absolute atomic E-state index is 0.331. The number of aromatic amines is 1. The maximum Gasteiger partial charge on any atom is 0.313 e. The first-order valence-electron chi connectivity index (χ1n) is 7.20. The zero-order valence-electron chi connectivity index (χ0n) is 12.7. The summed E-state index contributed by atoms with van der Waals surface area (Å²) < 4.78 is 6.40. The molecule has 116 valence electrons. The minimum atomic E-state index is -0.567. The van der Waals surface area contributed by atoms with Crippen LogP contribution in [0.1, 0.15) is 5.56 Å². The van der Waals surface area contributed by atoms with Crippen molar-refractivity contribution in [3.05, 3.63) is 86.9 Å². The molecule has 2 aromatic carbocycles. The van der Waals surface area contributed by atoms with Gasteiger partial charge in [0.15, 0.2) is 0 Å². The molecule has 0 saturated heterocycles. The van der Waals surface area contributed by atoms with Crippen molar-refractivity contribution in [3.8, 4) is 16.9 Å². The molecule has 1 aromatic heterocycles. The smallest absolute Gasteiger partial charge is 0.313 e. The van der Waals surface area contributed by atoms with Gasteiger partial charge in [0.25, 0.3) is 5.43 Å². The van der Waals surface area contributed by atoms with Gasteiger partial charge in [0, 0.05) is 6.20 Å². The number of nitrogens with one attached hydrogen (secondary N) is 1. The summed E-state index contributed by atoms with van der Waals surface area (Å²) in [6, 6.07) is 16.5. The molecule has 0 fully saturated rings. The zero-order chi connectivity index (χ0) is 16.2. The van der Waals surface area contributed by atoms with E-state index in [2.05, 4.69) is 5.10 Å². The lowest BCUT2D eigenvalue weighted by Crippen LogP contribution is -2.36. The van der Waals surface area contributed by atoms with Crippen LogP contribution in [0, 0.1) is 0 Å². The lowest BCUT2D eigenvalue weighted by Gasteiger charge is -2.08. The number of rotatable bonds is 4. The number of hydrogen-bond acceptors (Lipinski definition) is 3. The Bertz CT molecular complexity index is 909. The van der Waals surface area contributed by atoms with E-state index >= 15 is 0 Å². The maximum absolute atomic E-state index is 12.4. The monoisotopic (exact) mass is 308 g/mol. The lowest BCUT2D eigenvalue weighted by atomic mass is 10.1. The van der Waals surface area contributed by atoms with Crippen LogP contribution in [0.15, 0.2) is 70.4 Å². The molecule has 23 heavy (non-hydrogen) atoms. The van der Waals surface area contributed by atoms with Gasteiger partial charge >= 0.3 is 5.56 Å². The van der Waals surface area contributed by atoms with Crippen LogP contribution in [-0.2, 0) is 6.54 Å². The standard InChI is InChI=1S/C18H16N2O3/c1-23-15-9-7-14(8-10-15)16-11-19-20(18(22)17(16)21)12-13-5-3-2-4-6-13/h2-11,19H,12H2,1H3. The van der Waals surface area contributed by atoms with Crippen molar-refractivity contribution < 1.29 is 4.74 Å². The van der Waals surface area contributed by atoms with Gasteiger partial charge in [0.2, 0.25) is 0 Å². The summed E-state index contributed by atoms with van der Waals surface area (Å²) in [6.07, 6.45) is 1.56. The third kappa shape index (κ3) is 3.08. The van der Waals surface area contributed by atoms with E-state index in [0.29, 0.717) is 23.4 Å². The number of H-pyrrole nitrogens is 1. The Balaban J connectivity index is 1.97. The first-order valence-corrected chi connectivity index (χ1v) is 7.20. The predicted octanol–water partition coefficient (Wildman–Crippen LogP) is 2.26. The average Bonchev–Trinajstić information content (AvgIpc) is 2.60. The second-order valence-corrected chi connectivity index (χ2v) is 5.12. The van der Waals surface area contributed by atoms with E-state index in [1.54, 1.807) is 37.6 Å². The molecule has 0 radical (unpaired) electrons. The van der Waals surface area contributed by atoms with Crippen molar-refractivity contribution in [2.75, 3.05) is 7.11 Å². The van der Waals surface area contributed by atoms with Crippen molar-refractivity contribution in [1.29, 1.82) is 0 Å². The van der Waals surface area contributed by atoms with Crippen LogP contribution in [0.3, 0.4) is 0 Å². The molecular formula is C18H16N2O3. The Kier molecular flexibility index (Phi) is 4.10. The lowest BCUT2D eigenvalue weighted by molar-refractivity contribution is 0.415. The van der Waals surface area contributed by atoms with Crippen molar-refractivity contribution in [3.63, 3.8) is 0 Å². The van der Waals surface area contributed by atoms with Gasteiger partial charge in [-0.25, -0.2) is 4.68 Å². The highest BCUT2D eigenvalue weighted by molar-refractivity contribution is 5.62. The Morgan fingerprint density at radius 1 is 1.00 bits per heavy atom. The summed E-state index contributed by atoms with van der Waals surface area (Å²) in [6.45, 7) is 0.331. The van der Waals surface area contributed by atoms with Crippen LogP contribution in [0.5, 0.6) is 5.75 Å². The molecule has 0 atom stereocenters. The summed E-state index contributed by atoms with van der Waals surface area (Å²) >= 11 is 0. The van der Waals surface area contributed by atoms with E-state index in [-0.39, 0.29) is 0 Å². The van der Waals surface area contributed by atoms with Gasteiger partial charge in [0.05, 0.1) is 19.2 Å². The highest BCUT2D eigenvalue weighted by Gasteiger charge is 2.09. The largest absolute Gasteiger partial charge is 0.497 e. The van der Waals surface area contributed by atoms with Crippen LogP contribution >= 0.6 is 0 Å². The molecule has 3 aromatic rings. The molecule has 0 unspecified atom stereocenters. The topological polar surface area (TPSA) is 64.1 Å². The number of benzene rings is 2. The molecule has 0 aliphatic rings. The predicted molar refractivity (Wildman–Crippen MR) is 88.9 cm³/mol. The van der Waals surface area contributed by atoms with Gasteiger partial charge in [-0.1, -0.05) is 42.5 Å². The summed E-state index contributed by atoms with van der Waals surface area (Å²) in [5.74, 6) is 0.697. The molecule has 5 nitrogen and oxygen atoms in total. The molecule has 0 spiro atoms. The van der Waals surface area contributed by atoms with E-state index in [0.717, 1.165) is 5.56 Å². The van der Waals surface area contributed by atoms with Crippen molar-refractivity contribution in [2.45, 2.75) is 6.54 Å². The molecule has 0 bridgehead atoms. The van der Waals surface area contributed by atoms with Crippen LogP contribution in [0.2, 0.25) is 0 Å². The molecule has 0 saturated carbocycles. The van der Waals surface area contributed by atoms with Gasteiger partial charge in [-0.3, -0.25) is 9.59 Å². The molecule has 5 heteroatoms. The Labute approximate surface area is 132 Å². The molecule has 1 heterocycles. The number of aromatic nitrogens is 2. The maximum atomic E-state index is 12.4. The molecular weight excluding hydrogens is 292 g/mol. The van der Waals surface area contributed by atoms with E-state index in [4.69, 9.17) is 4.74 Å². The summed E-state index contributed by atoms with van der Waals surface area (Å²) in [5.41, 5.74) is 0.882. The fourth-order valence-electron chi connectivity index (χ4n) is 2.37. The zero-order valence-corrected chi connectivity index (χ0v) is 12.7.